The maximum Gasteiger partial charge on any atom is 0.224 e. The molecule has 1 atom stereocenters. The van der Waals surface area contributed by atoms with Crippen molar-refractivity contribution < 1.29 is 4.79 Å². The zero-order chi connectivity index (χ0) is 12.7. The number of carbonyl (C=O) groups excluding carboxylic acids is 1. The molecule has 1 rings (SSSR count). The first-order valence-corrected chi connectivity index (χ1v) is 6.58. The van der Waals surface area contributed by atoms with E-state index in [9.17, 15) is 4.79 Å². The minimum Gasteiger partial charge on any atom is -0.326 e. The SMILES string of the molecule is CCCC(CC)CC(=O)Nc1cccc(Cl)c1. The first-order valence-electron chi connectivity index (χ1n) is 6.21. The topological polar surface area (TPSA) is 29.1 Å². The smallest absolute Gasteiger partial charge is 0.224 e. The van der Waals surface area contributed by atoms with Crippen LogP contribution in [-0.2, 0) is 4.79 Å². The highest BCUT2D eigenvalue weighted by atomic mass is 35.5. The molecule has 1 aromatic carbocycles. The minimum absolute atomic E-state index is 0.0765. The lowest BCUT2D eigenvalue weighted by atomic mass is 9.97. The number of amides is 1. The van der Waals surface area contributed by atoms with Crippen molar-refractivity contribution in [2.75, 3.05) is 5.32 Å². The molecular formula is C14H20ClNO. The first-order chi connectivity index (χ1) is 8.15. The van der Waals surface area contributed by atoms with E-state index in [1.165, 1.54) is 0 Å². The quantitative estimate of drug-likeness (QED) is 0.795. The lowest BCUT2D eigenvalue weighted by Crippen LogP contribution is -2.16. The molecule has 17 heavy (non-hydrogen) atoms. The Bertz CT molecular complexity index is 365. The van der Waals surface area contributed by atoms with Gasteiger partial charge in [0.05, 0.1) is 0 Å². The number of hydrogen-bond acceptors (Lipinski definition) is 1. The summed E-state index contributed by atoms with van der Waals surface area (Å²) in [5, 5.41) is 3.52. The molecule has 0 saturated heterocycles. The van der Waals surface area contributed by atoms with Gasteiger partial charge in [0.1, 0.15) is 0 Å². The van der Waals surface area contributed by atoms with E-state index in [2.05, 4.69) is 19.2 Å². The van der Waals surface area contributed by atoms with Crippen molar-refractivity contribution in [2.24, 2.45) is 5.92 Å². The summed E-state index contributed by atoms with van der Waals surface area (Å²) in [5.41, 5.74) is 0.772. The normalized spacial score (nSPS) is 12.2. The van der Waals surface area contributed by atoms with Gasteiger partial charge in [0.15, 0.2) is 0 Å². The van der Waals surface area contributed by atoms with Gasteiger partial charge in [-0.25, -0.2) is 0 Å². The summed E-state index contributed by atoms with van der Waals surface area (Å²) >= 11 is 5.86. The van der Waals surface area contributed by atoms with Gasteiger partial charge in [0.25, 0.3) is 0 Å². The number of halogens is 1. The van der Waals surface area contributed by atoms with Crippen LogP contribution >= 0.6 is 11.6 Å². The molecule has 3 heteroatoms. The summed E-state index contributed by atoms with van der Waals surface area (Å²) in [4.78, 5) is 11.8. The monoisotopic (exact) mass is 253 g/mol. The Hall–Kier alpha value is -1.02. The van der Waals surface area contributed by atoms with Crippen LogP contribution in [0.2, 0.25) is 5.02 Å². The molecule has 0 bridgehead atoms. The van der Waals surface area contributed by atoms with Crippen LogP contribution in [0.1, 0.15) is 39.5 Å². The first kappa shape index (κ1) is 14.0. The van der Waals surface area contributed by atoms with Crippen molar-refractivity contribution >= 4 is 23.2 Å². The second kappa shape index (κ2) is 7.33. The van der Waals surface area contributed by atoms with Crippen LogP contribution in [0.25, 0.3) is 0 Å². The molecule has 0 aliphatic heterocycles. The molecule has 0 radical (unpaired) electrons. The van der Waals surface area contributed by atoms with Crippen LogP contribution in [0, 0.1) is 5.92 Å². The van der Waals surface area contributed by atoms with Crippen LogP contribution in [0.15, 0.2) is 24.3 Å². The summed E-state index contributed by atoms with van der Waals surface area (Å²) in [6, 6.07) is 7.25. The minimum atomic E-state index is 0.0765. The van der Waals surface area contributed by atoms with E-state index in [1.54, 1.807) is 12.1 Å². The van der Waals surface area contributed by atoms with E-state index in [-0.39, 0.29) is 5.91 Å². The van der Waals surface area contributed by atoms with E-state index in [4.69, 9.17) is 11.6 Å². The summed E-state index contributed by atoms with van der Waals surface area (Å²) in [6.45, 7) is 4.28. The number of anilines is 1. The Morgan fingerprint density at radius 3 is 2.76 bits per heavy atom. The molecule has 0 heterocycles. The average molecular weight is 254 g/mol. The zero-order valence-electron chi connectivity index (χ0n) is 10.5. The summed E-state index contributed by atoms with van der Waals surface area (Å²) in [7, 11) is 0. The summed E-state index contributed by atoms with van der Waals surface area (Å²) in [6.07, 6.45) is 3.88. The number of carbonyl (C=O) groups is 1. The second-order valence-corrected chi connectivity index (χ2v) is 4.76. The van der Waals surface area contributed by atoms with Gasteiger partial charge in [-0.15, -0.1) is 0 Å². The lowest BCUT2D eigenvalue weighted by molar-refractivity contribution is -0.117. The van der Waals surface area contributed by atoms with E-state index in [0.29, 0.717) is 17.4 Å². The van der Waals surface area contributed by atoms with Gasteiger partial charge in [-0.1, -0.05) is 50.8 Å². The predicted molar refractivity (Wildman–Crippen MR) is 73.4 cm³/mol. The molecule has 1 aromatic rings. The van der Waals surface area contributed by atoms with Gasteiger partial charge in [0, 0.05) is 17.1 Å². The van der Waals surface area contributed by atoms with Crippen LogP contribution in [0.4, 0.5) is 5.69 Å². The second-order valence-electron chi connectivity index (χ2n) is 4.33. The predicted octanol–water partition coefficient (Wildman–Crippen LogP) is 4.49. The molecule has 2 nitrogen and oxygen atoms in total. The van der Waals surface area contributed by atoms with Crippen LogP contribution in [0.5, 0.6) is 0 Å². The third kappa shape index (κ3) is 5.22. The number of nitrogens with one attached hydrogen (secondary N) is 1. The van der Waals surface area contributed by atoms with Gasteiger partial charge in [-0.05, 0) is 24.1 Å². The van der Waals surface area contributed by atoms with Gasteiger partial charge < -0.3 is 5.32 Å². The number of hydrogen-bond donors (Lipinski definition) is 1. The fraction of sp³-hybridized carbons (Fsp3) is 0.500. The Balaban J connectivity index is 2.49. The Morgan fingerprint density at radius 1 is 1.41 bits per heavy atom. The molecule has 0 aromatic heterocycles. The highest BCUT2D eigenvalue weighted by Crippen LogP contribution is 2.18. The number of rotatable bonds is 6. The summed E-state index contributed by atoms with van der Waals surface area (Å²) in [5.74, 6) is 0.562. The molecular weight excluding hydrogens is 234 g/mol. The van der Waals surface area contributed by atoms with E-state index in [1.807, 2.05) is 12.1 Å². The fourth-order valence-corrected chi connectivity index (χ4v) is 2.09. The maximum absolute atomic E-state index is 11.8. The highest BCUT2D eigenvalue weighted by Gasteiger charge is 2.11. The van der Waals surface area contributed by atoms with Crippen molar-refractivity contribution in [1.29, 1.82) is 0 Å². The van der Waals surface area contributed by atoms with E-state index >= 15 is 0 Å². The van der Waals surface area contributed by atoms with Crippen molar-refractivity contribution in [2.45, 2.75) is 39.5 Å². The van der Waals surface area contributed by atoms with E-state index < -0.39 is 0 Å². The van der Waals surface area contributed by atoms with Gasteiger partial charge in [0.2, 0.25) is 5.91 Å². The zero-order valence-corrected chi connectivity index (χ0v) is 11.3. The molecule has 0 fully saturated rings. The van der Waals surface area contributed by atoms with Crippen LogP contribution in [-0.4, -0.2) is 5.91 Å². The Labute approximate surface area is 108 Å². The highest BCUT2D eigenvalue weighted by molar-refractivity contribution is 6.30. The Morgan fingerprint density at radius 2 is 2.18 bits per heavy atom. The van der Waals surface area contributed by atoms with Gasteiger partial charge in [-0.3, -0.25) is 4.79 Å². The van der Waals surface area contributed by atoms with Crippen molar-refractivity contribution in [1.82, 2.24) is 0 Å². The van der Waals surface area contributed by atoms with Crippen molar-refractivity contribution in [3.05, 3.63) is 29.3 Å². The average Bonchev–Trinajstić information content (AvgIpc) is 2.28. The lowest BCUT2D eigenvalue weighted by Gasteiger charge is -2.13. The molecule has 94 valence electrons. The molecule has 1 amide bonds. The van der Waals surface area contributed by atoms with Gasteiger partial charge in [-0.2, -0.15) is 0 Å². The standard InChI is InChI=1S/C14H20ClNO/c1-3-6-11(4-2)9-14(17)16-13-8-5-7-12(15)10-13/h5,7-8,10-11H,3-4,6,9H2,1-2H3,(H,16,17). The van der Waals surface area contributed by atoms with Crippen molar-refractivity contribution in [3.8, 4) is 0 Å². The maximum atomic E-state index is 11.8. The molecule has 1 unspecified atom stereocenters. The molecule has 0 saturated carbocycles. The van der Waals surface area contributed by atoms with Gasteiger partial charge >= 0.3 is 0 Å². The largest absolute Gasteiger partial charge is 0.326 e. The number of benzene rings is 1. The molecule has 0 aliphatic rings. The van der Waals surface area contributed by atoms with E-state index in [0.717, 1.165) is 24.9 Å². The fourth-order valence-electron chi connectivity index (χ4n) is 1.90. The van der Waals surface area contributed by atoms with Crippen LogP contribution < -0.4 is 5.32 Å². The Kier molecular flexibility index (Phi) is 6.06. The third-order valence-corrected chi connectivity index (χ3v) is 3.09. The third-order valence-electron chi connectivity index (χ3n) is 2.86. The molecule has 0 spiro atoms. The van der Waals surface area contributed by atoms with Crippen LogP contribution in [0.3, 0.4) is 0 Å². The molecule has 1 N–H and O–H groups in total. The molecule has 0 aliphatic carbocycles. The summed E-state index contributed by atoms with van der Waals surface area (Å²) < 4.78 is 0. The van der Waals surface area contributed by atoms with Crippen molar-refractivity contribution in [3.63, 3.8) is 0 Å².